The van der Waals surface area contributed by atoms with Crippen LogP contribution in [-0.4, -0.2) is 21.5 Å². The smallest absolute Gasteiger partial charge is 0.337 e. The van der Waals surface area contributed by atoms with Crippen LogP contribution in [-0.2, 0) is 20.2 Å². The van der Waals surface area contributed by atoms with E-state index in [1.807, 2.05) is 24.3 Å². The van der Waals surface area contributed by atoms with Gasteiger partial charge in [-0.3, -0.25) is 0 Å². The zero-order valence-electron chi connectivity index (χ0n) is 15.7. The Morgan fingerprint density at radius 1 is 1.08 bits per heavy atom. The van der Waals surface area contributed by atoms with Crippen LogP contribution >= 0.6 is 0 Å². The van der Waals surface area contributed by atoms with Crippen LogP contribution in [0.5, 0.6) is 0 Å². The number of ether oxygens (including phenoxy) is 1. The summed E-state index contributed by atoms with van der Waals surface area (Å²) in [6.07, 6.45) is 0. The van der Waals surface area contributed by atoms with Crippen molar-refractivity contribution in [3.05, 3.63) is 65.2 Å². The molecule has 0 aliphatic rings. The van der Waals surface area contributed by atoms with Gasteiger partial charge in [0.2, 0.25) is 10.0 Å². The van der Waals surface area contributed by atoms with Gasteiger partial charge in [0, 0.05) is 6.04 Å². The van der Waals surface area contributed by atoms with Gasteiger partial charge in [-0.1, -0.05) is 51.1 Å². The zero-order chi connectivity index (χ0) is 19.5. The fourth-order valence-corrected chi connectivity index (χ4v) is 3.83. The molecule has 1 atom stereocenters. The highest BCUT2D eigenvalue weighted by Crippen LogP contribution is 2.24. The van der Waals surface area contributed by atoms with Crippen molar-refractivity contribution < 1.29 is 17.9 Å². The van der Waals surface area contributed by atoms with Crippen LogP contribution < -0.4 is 4.72 Å². The van der Waals surface area contributed by atoms with Crippen LogP contribution in [0.2, 0.25) is 0 Å². The van der Waals surface area contributed by atoms with Crippen molar-refractivity contribution in [1.82, 2.24) is 4.72 Å². The maximum absolute atomic E-state index is 12.6. The third kappa shape index (κ3) is 4.71. The largest absolute Gasteiger partial charge is 0.465 e. The molecule has 0 saturated heterocycles. The highest BCUT2D eigenvalue weighted by Gasteiger charge is 2.20. The van der Waals surface area contributed by atoms with Gasteiger partial charge in [-0.05, 0) is 41.7 Å². The van der Waals surface area contributed by atoms with Crippen LogP contribution in [0, 0.1) is 0 Å². The number of rotatable bonds is 5. The van der Waals surface area contributed by atoms with E-state index in [1.54, 1.807) is 6.92 Å². The number of esters is 1. The average molecular weight is 375 g/mol. The second-order valence-corrected chi connectivity index (χ2v) is 8.95. The van der Waals surface area contributed by atoms with Crippen molar-refractivity contribution in [2.24, 2.45) is 0 Å². The average Bonchev–Trinajstić information content (AvgIpc) is 2.60. The van der Waals surface area contributed by atoms with Crippen LogP contribution in [0.1, 0.15) is 55.2 Å². The predicted molar refractivity (Wildman–Crippen MR) is 102 cm³/mol. The molecule has 1 N–H and O–H groups in total. The summed E-state index contributed by atoms with van der Waals surface area (Å²) in [5.41, 5.74) is 2.28. The van der Waals surface area contributed by atoms with E-state index in [4.69, 9.17) is 0 Å². The summed E-state index contributed by atoms with van der Waals surface area (Å²) >= 11 is 0. The van der Waals surface area contributed by atoms with Gasteiger partial charge >= 0.3 is 5.97 Å². The minimum absolute atomic E-state index is 0.0264. The number of methoxy groups -OCH3 is 1. The quantitative estimate of drug-likeness (QED) is 0.807. The van der Waals surface area contributed by atoms with Gasteiger partial charge in [0.05, 0.1) is 17.6 Å². The first-order valence-corrected chi connectivity index (χ1v) is 9.84. The molecule has 140 valence electrons. The van der Waals surface area contributed by atoms with Gasteiger partial charge in [-0.2, -0.15) is 0 Å². The molecule has 0 fully saturated rings. The molecule has 2 aromatic rings. The lowest BCUT2D eigenvalue weighted by atomic mass is 9.86. The molecule has 6 heteroatoms. The molecular weight excluding hydrogens is 350 g/mol. The lowest BCUT2D eigenvalue weighted by molar-refractivity contribution is 0.0600. The third-order valence-corrected chi connectivity index (χ3v) is 5.71. The number of nitrogens with one attached hydrogen (secondary N) is 1. The predicted octanol–water partition coefficient (Wildman–Crippen LogP) is 3.81. The van der Waals surface area contributed by atoms with E-state index < -0.39 is 22.0 Å². The van der Waals surface area contributed by atoms with Crippen LogP contribution in [0.3, 0.4) is 0 Å². The molecule has 2 rings (SSSR count). The maximum Gasteiger partial charge on any atom is 0.337 e. The topological polar surface area (TPSA) is 72.5 Å². The van der Waals surface area contributed by atoms with E-state index in [0.717, 1.165) is 5.56 Å². The van der Waals surface area contributed by atoms with Crippen molar-refractivity contribution >= 4 is 16.0 Å². The van der Waals surface area contributed by atoms with Crippen molar-refractivity contribution in [1.29, 1.82) is 0 Å². The number of benzene rings is 2. The normalized spacial score (nSPS) is 13.3. The molecule has 0 amide bonds. The Labute approximate surface area is 155 Å². The number of hydrogen-bond acceptors (Lipinski definition) is 4. The van der Waals surface area contributed by atoms with E-state index in [2.05, 4.69) is 30.2 Å². The standard InChI is InChI=1S/C20H25NO4S/c1-14(15-9-11-17(12-10-15)20(2,3)4)21-26(23,24)18-8-6-7-16(13-18)19(22)25-5/h6-14,21H,1-5H3/t14-/m1/s1. The first-order valence-electron chi connectivity index (χ1n) is 8.36. The number of carbonyl (C=O) groups excluding carboxylic acids is 1. The first kappa shape index (κ1) is 20.1. The van der Waals surface area contributed by atoms with E-state index in [9.17, 15) is 13.2 Å². The Morgan fingerprint density at radius 2 is 1.69 bits per heavy atom. The Hall–Kier alpha value is -2.18. The van der Waals surface area contributed by atoms with Crippen LogP contribution in [0.4, 0.5) is 0 Å². The Bertz CT molecular complexity index is 881. The molecule has 0 heterocycles. The van der Waals surface area contributed by atoms with E-state index in [1.165, 1.54) is 36.9 Å². The fourth-order valence-electron chi connectivity index (χ4n) is 2.55. The van der Waals surface area contributed by atoms with Crippen LogP contribution in [0.25, 0.3) is 0 Å². The highest BCUT2D eigenvalue weighted by molar-refractivity contribution is 7.89. The molecule has 2 aromatic carbocycles. The summed E-state index contributed by atoms with van der Waals surface area (Å²) in [7, 11) is -2.51. The summed E-state index contributed by atoms with van der Waals surface area (Å²) in [6.45, 7) is 8.17. The zero-order valence-corrected chi connectivity index (χ0v) is 16.6. The monoisotopic (exact) mass is 375 g/mol. The molecule has 0 aliphatic heterocycles. The molecule has 0 aromatic heterocycles. The van der Waals surface area contributed by atoms with Gasteiger partial charge in [-0.25, -0.2) is 17.9 Å². The van der Waals surface area contributed by atoms with E-state index >= 15 is 0 Å². The Morgan fingerprint density at radius 3 is 2.23 bits per heavy atom. The Balaban J connectivity index is 2.22. The second kappa shape index (κ2) is 7.60. The molecular formula is C20H25NO4S. The number of sulfonamides is 1. The maximum atomic E-state index is 12.6. The van der Waals surface area contributed by atoms with Crippen molar-refractivity contribution in [2.75, 3.05) is 7.11 Å². The summed E-state index contributed by atoms with van der Waals surface area (Å²) in [5.74, 6) is -0.576. The Kier molecular flexibility index (Phi) is 5.88. The minimum atomic E-state index is -3.77. The fraction of sp³-hybridized carbons (Fsp3) is 0.350. The summed E-state index contributed by atoms with van der Waals surface area (Å²) in [6, 6.07) is 13.3. The van der Waals surface area contributed by atoms with Crippen LogP contribution in [0.15, 0.2) is 53.4 Å². The summed E-state index contributed by atoms with van der Waals surface area (Å²) in [4.78, 5) is 11.6. The SMILES string of the molecule is COC(=O)c1cccc(S(=O)(=O)N[C@H](C)c2ccc(C(C)(C)C)cc2)c1. The van der Waals surface area contributed by atoms with E-state index in [0.29, 0.717) is 0 Å². The van der Waals surface area contributed by atoms with Gasteiger partial charge in [-0.15, -0.1) is 0 Å². The third-order valence-electron chi connectivity index (χ3n) is 4.17. The molecule has 0 spiro atoms. The number of carbonyl (C=O) groups is 1. The lowest BCUT2D eigenvalue weighted by Crippen LogP contribution is -2.27. The summed E-state index contributed by atoms with van der Waals surface area (Å²) in [5, 5.41) is 0. The molecule has 0 saturated carbocycles. The van der Waals surface area contributed by atoms with Gasteiger partial charge in [0.15, 0.2) is 0 Å². The molecule has 0 bridgehead atoms. The molecule has 26 heavy (non-hydrogen) atoms. The molecule has 0 aliphatic carbocycles. The van der Waals surface area contributed by atoms with Crippen molar-refractivity contribution in [2.45, 2.75) is 44.0 Å². The van der Waals surface area contributed by atoms with Gasteiger partial charge < -0.3 is 4.74 Å². The first-order chi connectivity index (χ1) is 12.0. The van der Waals surface area contributed by atoms with Crippen molar-refractivity contribution in [3.8, 4) is 0 Å². The summed E-state index contributed by atoms with van der Waals surface area (Å²) < 4.78 is 32.6. The molecule has 5 nitrogen and oxygen atoms in total. The lowest BCUT2D eigenvalue weighted by Gasteiger charge is -2.20. The van der Waals surface area contributed by atoms with E-state index in [-0.39, 0.29) is 15.9 Å². The van der Waals surface area contributed by atoms with Gasteiger partial charge in [0.25, 0.3) is 0 Å². The minimum Gasteiger partial charge on any atom is -0.465 e. The number of hydrogen-bond donors (Lipinski definition) is 1. The van der Waals surface area contributed by atoms with Gasteiger partial charge in [0.1, 0.15) is 0 Å². The molecule has 0 radical (unpaired) electrons. The highest BCUT2D eigenvalue weighted by atomic mass is 32.2. The molecule has 0 unspecified atom stereocenters. The second-order valence-electron chi connectivity index (χ2n) is 7.23. The van der Waals surface area contributed by atoms with Crippen molar-refractivity contribution in [3.63, 3.8) is 0 Å².